The fourth-order valence-corrected chi connectivity index (χ4v) is 1.51. The van der Waals surface area contributed by atoms with Gasteiger partial charge in [-0.15, -0.1) is 12.3 Å². The van der Waals surface area contributed by atoms with E-state index in [9.17, 15) is 23.1 Å². The molecular weight excluding hydrogens is 263 g/mol. The highest BCUT2D eigenvalue weighted by Crippen LogP contribution is 2.24. The van der Waals surface area contributed by atoms with Gasteiger partial charge in [0.1, 0.15) is 11.9 Å². The highest BCUT2D eigenvalue weighted by atomic mass is 19.2. The Hall–Kier alpha value is -2.20. The summed E-state index contributed by atoms with van der Waals surface area (Å²) in [6, 6.07) is -0.508. The molecule has 0 heterocycles. The van der Waals surface area contributed by atoms with E-state index in [4.69, 9.17) is 11.5 Å². The number of carbonyl (C=O) groups is 1. The van der Waals surface area contributed by atoms with Crippen LogP contribution in [-0.4, -0.2) is 22.3 Å². The van der Waals surface area contributed by atoms with Crippen LogP contribution in [0.5, 0.6) is 0 Å². The molecule has 2 atom stereocenters. The lowest BCUT2D eigenvalue weighted by Crippen LogP contribution is -2.38. The molecule has 1 aromatic rings. The topological polar surface area (TPSA) is 69.6 Å². The van der Waals surface area contributed by atoms with Crippen molar-refractivity contribution < 1.29 is 28.2 Å². The van der Waals surface area contributed by atoms with Gasteiger partial charge in [-0.25, -0.2) is 18.0 Å². The molecule has 0 bridgehead atoms. The number of carboxylic acid groups (broad SMARTS) is 1. The molecule has 1 aromatic carbocycles. The smallest absolute Gasteiger partial charge is 0.405 e. The van der Waals surface area contributed by atoms with Crippen LogP contribution in [0.25, 0.3) is 0 Å². The van der Waals surface area contributed by atoms with Crippen LogP contribution < -0.4 is 5.32 Å². The quantitative estimate of drug-likeness (QED) is 0.578. The van der Waals surface area contributed by atoms with E-state index in [1.54, 1.807) is 0 Å². The predicted octanol–water partition coefficient (Wildman–Crippen LogP) is 1.80. The maximum atomic E-state index is 13.4. The zero-order valence-corrected chi connectivity index (χ0v) is 9.53. The van der Waals surface area contributed by atoms with Crippen molar-refractivity contribution >= 4 is 6.09 Å². The van der Waals surface area contributed by atoms with Crippen LogP contribution in [0.4, 0.5) is 18.0 Å². The van der Waals surface area contributed by atoms with Crippen molar-refractivity contribution in [2.75, 3.05) is 0 Å². The van der Waals surface area contributed by atoms with Crippen molar-refractivity contribution in [3.8, 4) is 12.3 Å². The van der Waals surface area contributed by atoms with Gasteiger partial charge in [0.2, 0.25) is 0 Å². The first kappa shape index (κ1) is 14.9. The molecular formula is C12H10F3NO3. The van der Waals surface area contributed by atoms with Gasteiger partial charge in [0.25, 0.3) is 0 Å². The lowest BCUT2D eigenvalue weighted by molar-refractivity contribution is 0.118. The molecule has 0 unspecified atom stereocenters. The fourth-order valence-electron chi connectivity index (χ4n) is 1.51. The Bertz CT molecular complexity index is 528. The summed E-state index contributed by atoms with van der Waals surface area (Å²) in [6.45, 7) is 0. The second-order valence-corrected chi connectivity index (χ2v) is 3.70. The number of aliphatic hydroxyl groups is 1. The van der Waals surface area contributed by atoms with E-state index in [0.717, 1.165) is 0 Å². The lowest BCUT2D eigenvalue weighted by Gasteiger charge is -2.21. The predicted molar refractivity (Wildman–Crippen MR) is 59.7 cm³/mol. The van der Waals surface area contributed by atoms with Crippen molar-refractivity contribution in [1.82, 2.24) is 5.32 Å². The van der Waals surface area contributed by atoms with Crippen molar-refractivity contribution in [3.05, 3.63) is 35.1 Å². The van der Waals surface area contributed by atoms with Crippen LogP contribution >= 0.6 is 0 Å². The van der Waals surface area contributed by atoms with Gasteiger partial charge in [-0.05, 0) is 6.07 Å². The molecule has 7 heteroatoms. The molecule has 1 amide bonds. The molecule has 0 aliphatic carbocycles. The summed E-state index contributed by atoms with van der Waals surface area (Å²) in [5.74, 6) is -1.87. The molecule has 1 rings (SSSR count). The zero-order valence-electron chi connectivity index (χ0n) is 9.53. The van der Waals surface area contributed by atoms with E-state index in [0.29, 0.717) is 6.07 Å². The second kappa shape index (κ2) is 6.11. The van der Waals surface area contributed by atoms with E-state index in [-0.39, 0.29) is 12.5 Å². The minimum Gasteiger partial charge on any atom is -0.465 e. The number of rotatable bonds is 4. The SMILES string of the molecule is C#CC[C@H](NC(=O)O)[C@H](O)c1cc(F)c(F)cc1F. The molecule has 0 saturated heterocycles. The monoisotopic (exact) mass is 273 g/mol. The molecule has 0 radical (unpaired) electrons. The number of hydrogen-bond acceptors (Lipinski definition) is 2. The third-order valence-corrected chi connectivity index (χ3v) is 2.39. The molecule has 0 spiro atoms. The van der Waals surface area contributed by atoms with Gasteiger partial charge in [0.05, 0.1) is 6.04 Å². The molecule has 0 aliphatic rings. The molecule has 0 fully saturated rings. The van der Waals surface area contributed by atoms with E-state index >= 15 is 0 Å². The maximum absolute atomic E-state index is 13.4. The summed E-state index contributed by atoms with van der Waals surface area (Å²) in [7, 11) is 0. The second-order valence-electron chi connectivity index (χ2n) is 3.70. The summed E-state index contributed by atoms with van der Waals surface area (Å²) < 4.78 is 39.2. The van der Waals surface area contributed by atoms with Crippen molar-refractivity contribution in [1.29, 1.82) is 0 Å². The Labute approximate surface area is 106 Å². The van der Waals surface area contributed by atoms with Crippen molar-refractivity contribution in [2.45, 2.75) is 18.6 Å². The Kier molecular flexibility index (Phi) is 4.78. The standard InChI is InChI=1S/C12H10F3NO3/c1-2-3-10(16-12(18)19)11(17)6-4-8(14)9(15)5-7(6)13/h1,4-5,10-11,16-17H,3H2,(H,18,19)/t10-,11+/m0/s1. The van der Waals surface area contributed by atoms with Gasteiger partial charge >= 0.3 is 6.09 Å². The minimum atomic E-state index is -1.73. The van der Waals surface area contributed by atoms with Crippen LogP contribution in [0, 0.1) is 29.8 Å². The number of halogens is 3. The number of aliphatic hydroxyl groups excluding tert-OH is 1. The molecule has 19 heavy (non-hydrogen) atoms. The molecule has 0 saturated carbocycles. The average Bonchev–Trinajstić information content (AvgIpc) is 2.32. The molecule has 0 aliphatic heterocycles. The van der Waals surface area contributed by atoms with Crippen LogP contribution in [0.2, 0.25) is 0 Å². The maximum Gasteiger partial charge on any atom is 0.405 e. The molecule has 3 N–H and O–H groups in total. The first-order valence-corrected chi connectivity index (χ1v) is 5.12. The minimum absolute atomic E-state index is 0.244. The highest BCUT2D eigenvalue weighted by Gasteiger charge is 2.26. The summed E-state index contributed by atoms with van der Waals surface area (Å²) in [5, 5.41) is 20.2. The third-order valence-electron chi connectivity index (χ3n) is 2.39. The van der Waals surface area contributed by atoms with E-state index in [2.05, 4.69) is 5.92 Å². The summed E-state index contributed by atoms with van der Waals surface area (Å²) in [4.78, 5) is 10.5. The Morgan fingerprint density at radius 2 is 1.89 bits per heavy atom. The normalized spacial score (nSPS) is 13.4. The van der Waals surface area contributed by atoms with Gasteiger partial charge in [-0.1, -0.05) is 0 Å². The number of amides is 1. The third kappa shape index (κ3) is 3.63. The highest BCUT2D eigenvalue weighted by molar-refractivity contribution is 5.65. The summed E-state index contributed by atoms with van der Waals surface area (Å²) in [5.41, 5.74) is -0.576. The van der Waals surface area contributed by atoms with Crippen LogP contribution in [0.1, 0.15) is 18.1 Å². The van der Waals surface area contributed by atoms with Gasteiger partial charge in [0, 0.05) is 18.1 Å². The van der Waals surface area contributed by atoms with E-state index < -0.39 is 41.3 Å². The van der Waals surface area contributed by atoms with Crippen LogP contribution in [0.3, 0.4) is 0 Å². The van der Waals surface area contributed by atoms with Crippen LogP contribution in [-0.2, 0) is 0 Å². The van der Waals surface area contributed by atoms with Gasteiger partial charge in [-0.3, -0.25) is 0 Å². The zero-order chi connectivity index (χ0) is 14.6. The number of benzene rings is 1. The van der Waals surface area contributed by atoms with Crippen molar-refractivity contribution in [3.63, 3.8) is 0 Å². The molecule has 0 aromatic heterocycles. The lowest BCUT2D eigenvalue weighted by atomic mass is 9.99. The average molecular weight is 273 g/mol. The molecule has 4 nitrogen and oxygen atoms in total. The number of terminal acetylenes is 1. The largest absolute Gasteiger partial charge is 0.465 e. The first-order chi connectivity index (χ1) is 8.86. The van der Waals surface area contributed by atoms with E-state index in [1.807, 2.05) is 5.32 Å². The van der Waals surface area contributed by atoms with Crippen LogP contribution in [0.15, 0.2) is 12.1 Å². The fraction of sp³-hybridized carbons (Fsp3) is 0.250. The van der Waals surface area contributed by atoms with E-state index in [1.165, 1.54) is 0 Å². The Balaban J connectivity index is 3.09. The van der Waals surface area contributed by atoms with Gasteiger partial charge in [-0.2, -0.15) is 0 Å². The number of nitrogens with one attached hydrogen (secondary N) is 1. The Morgan fingerprint density at radius 3 is 2.42 bits per heavy atom. The summed E-state index contributed by atoms with van der Waals surface area (Å²) in [6.07, 6.45) is 1.53. The van der Waals surface area contributed by atoms with Gasteiger partial charge in [0.15, 0.2) is 11.6 Å². The van der Waals surface area contributed by atoms with Crippen molar-refractivity contribution in [2.24, 2.45) is 0 Å². The first-order valence-electron chi connectivity index (χ1n) is 5.12. The van der Waals surface area contributed by atoms with Gasteiger partial charge < -0.3 is 15.5 Å². The molecule has 102 valence electrons. The Morgan fingerprint density at radius 1 is 1.32 bits per heavy atom. The summed E-state index contributed by atoms with van der Waals surface area (Å²) >= 11 is 0. The number of hydrogen-bond donors (Lipinski definition) is 3.